The Kier molecular flexibility index (Phi) is 1.97. The van der Waals surface area contributed by atoms with Crippen molar-refractivity contribution in [2.75, 3.05) is 0 Å². The lowest BCUT2D eigenvalue weighted by atomic mass is 10.0. The second kappa shape index (κ2) is 3.03. The van der Waals surface area contributed by atoms with E-state index < -0.39 is 5.54 Å². The van der Waals surface area contributed by atoms with Gasteiger partial charge >= 0.3 is 0 Å². The average molecular weight is 187 g/mol. The van der Waals surface area contributed by atoms with Crippen molar-refractivity contribution >= 4 is 11.0 Å². The predicted molar refractivity (Wildman–Crippen MR) is 56.8 cm³/mol. The first-order chi connectivity index (χ1) is 6.57. The molecular formula is C11H13N3. The van der Waals surface area contributed by atoms with Crippen LogP contribution in [0.2, 0.25) is 0 Å². The molecule has 2 aromatic rings. The van der Waals surface area contributed by atoms with E-state index in [2.05, 4.69) is 9.97 Å². The molecule has 14 heavy (non-hydrogen) atoms. The summed E-state index contributed by atoms with van der Waals surface area (Å²) < 4.78 is 0. The minimum Gasteiger partial charge on any atom is -0.321 e. The summed E-state index contributed by atoms with van der Waals surface area (Å²) in [6, 6.07) is 7.78. The van der Waals surface area contributed by atoms with Crippen molar-refractivity contribution in [2.45, 2.75) is 19.4 Å². The number of nitrogens with zero attached hydrogens (tertiary/aromatic N) is 2. The maximum absolute atomic E-state index is 5.95. The monoisotopic (exact) mass is 187 g/mol. The van der Waals surface area contributed by atoms with Crippen molar-refractivity contribution in [2.24, 2.45) is 5.73 Å². The fraction of sp³-hybridized carbons (Fsp3) is 0.273. The standard InChI is InChI=1S/C11H13N3/c1-11(2,12)10-7-13-8-5-3-4-6-9(8)14-10/h3-7H,12H2,1-2H3. The molecule has 0 aliphatic carbocycles. The number of rotatable bonds is 1. The summed E-state index contributed by atoms with van der Waals surface area (Å²) in [5.74, 6) is 0. The van der Waals surface area contributed by atoms with Crippen LogP contribution in [0.25, 0.3) is 11.0 Å². The maximum Gasteiger partial charge on any atom is 0.0890 e. The Morgan fingerprint density at radius 3 is 2.43 bits per heavy atom. The maximum atomic E-state index is 5.95. The number of aromatic nitrogens is 2. The smallest absolute Gasteiger partial charge is 0.0890 e. The molecule has 0 spiro atoms. The Bertz CT molecular complexity index is 457. The molecule has 0 aliphatic heterocycles. The molecule has 0 fully saturated rings. The summed E-state index contributed by atoms with van der Waals surface area (Å²) in [5.41, 5.74) is 8.12. The summed E-state index contributed by atoms with van der Waals surface area (Å²) in [7, 11) is 0. The highest BCUT2D eigenvalue weighted by Gasteiger charge is 2.16. The topological polar surface area (TPSA) is 51.8 Å². The molecule has 3 heteroatoms. The summed E-state index contributed by atoms with van der Waals surface area (Å²) >= 11 is 0. The highest BCUT2D eigenvalue weighted by atomic mass is 14.9. The van der Waals surface area contributed by atoms with Crippen molar-refractivity contribution in [3.05, 3.63) is 36.2 Å². The predicted octanol–water partition coefficient (Wildman–Crippen LogP) is 1.82. The molecule has 0 amide bonds. The third kappa shape index (κ3) is 1.59. The number of fused-ring (bicyclic) bond motifs is 1. The molecule has 72 valence electrons. The van der Waals surface area contributed by atoms with Gasteiger partial charge in [-0.3, -0.25) is 4.98 Å². The van der Waals surface area contributed by atoms with Gasteiger partial charge in [0.05, 0.1) is 28.5 Å². The molecular weight excluding hydrogens is 174 g/mol. The average Bonchev–Trinajstić information content (AvgIpc) is 2.16. The summed E-state index contributed by atoms with van der Waals surface area (Å²) in [5, 5.41) is 0. The number of benzene rings is 1. The van der Waals surface area contributed by atoms with Crippen LogP contribution >= 0.6 is 0 Å². The van der Waals surface area contributed by atoms with E-state index in [9.17, 15) is 0 Å². The van der Waals surface area contributed by atoms with Crippen LogP contribution in [0.3, 0.4) is 0 Å². The number of para-hydroxylation sites is 2. The van der Waals surface area contributed by atoms with Gasteiger partial charge in [0.1, 0.15) is 0 Å². The molecule has 1 aromatic carbocycles. The van der Waals surface area contributed by atoms with Gasteiger partial charge in [0, 0.05) is 0 Å². The van der Waals surface area contributed by atoms with Crippen molar-refractivity contribution < 1.29 is 0 Å². The third-order valence-electron chi connectivity index (χ3n) is 2.11. The Morgan fingerprint density at radius 2 is 1.79 bits per heavy atom. The molecule has 0 atom stereocenters. The van der Waals surface area contributed by atoms with Crippen molar-refractivity contribution in [3.8, 4) is 0 Å². The molecule has 0 bridgehead atoms. The van der Waals surface area contributed by atoms with Crippen molar-refractivity contribution in [3.63, 3.8) is 0 Å². The van der Waals surface area contributed by atoms with Gasteiger partial charge in [-0.25, -0.2) is 4.98 Å². The van der Waals surface area contributed by atoms with Gasteiger partial charge in [-0.05, 0) is 26.0 Å². The highest BCUT2D eigenvalue weighted by molar-refractivity contribution is 5.73. The van der Waals surface area contributed by atoms with E-state index in [-0.39, 0.29) is 0 Å². The van der Waals surface area contributed by atoms with E-state index in [1.807, 2.05) is 38.1 Å². The molecule has 0 saturated carbocycles. The first-order valence-corrected chi connectivity index (χ1v) is 4.58. The zero-order valence-electron chi connectivity index (χ0n) is 8.36. The molecule has 3 nitrogen and oxygen atoms in total. The SMILES string of the molecule is CC(C)(N)c1cnc2ccccc2n1. The molecule has 0 radical (unpaired) electrons. The number of hydrogen-bond donors (Lipinski definition) is 1. The lowest BCUT2D eigenvalue weighted by Gasteiger charge is -2.17. The quantitative estimate of drug-likeness (QED) is 0.741. The minimum atomic E-state index is -0.434. The summed E-state index contributed by atoms with van der Waals surface area (Å²) in [6.45, 7) is 3.84. The highest BCUT2D eigenvalue weighted by Crippen LogP contribution is 2.16. The van der Waals surface area contributed by atoms with Gasteiger partial charge in [0.25, 0.3) is 0 Å². The zero-order chi connectivity index (χ0) is 10.2. The first kappa shape index (κ1) is 9.09. The summed E-state index contributed by atoms with van der Waals surface area (Å²) in [6.07, 6.45) is 1.74. The van der Waals surface area contributed by atoms with E-state index in [0.29, 0.717) is 0 Å². The van der Waals surface area contributed by atoms with E-state index in [0.717, 1.165) is 16.7 Å². The second-order valence-electron chi connectivity index (χ2n) is 3.97. The van der Waals surface area contributed by atoms with E-state index >= 15 is 0 Å². The van der Waals surface area contributed by atoms with Crippen LogP contribution in [0.15, 0.2) is 30.5 Å². The van der Waals surface area contributed by atoms with Crippen molar-refractivity contribution in [1.29, 1.82) is 0 Å². The molecule has 2 rings (SSSR count). The van der Waals surface area contributed by atoms with Gasteiger partial charge in [-0.2, -0.15) is 0 Å². The van der Waals surface area contributed by atoms with Gasteiger partial charge in [0.2, 0.25) is 0 Å². The Hall–Kier alpha value is -1.48. The van der Waals surface area contributed by atoms with Crippen molar-refractivity contribution in [1.82, 2.24) is 9.97 Å². The summed E-state index contributed by atoms with van der Waals surface area (Å²) in [4.78, 5) is 8.76. The molecule has 0 aliphatic rings. The Labute approximate surface area is 83.0 Å². The molecule has 1 aromatic heterocycles. The Balaban J connectivity index is 2.63. The van der Waals surface area contributed by atoms with Crippen LogP contribution in [-0.2, 0) is 5.54 Å². The Morgan fingerprint density at radius 1 is 1.14 bits per heavy atom. The normalized spacial score (nSPS) is 11.9. The lowest BCUT2D eigenvalue weighted by molar-refractivity contribution is 0.535. The molecule has 1 heterocycles. The van der Waals surface area contributed by atoms with Crippen LogP contribution in [0.5, 0.6) is 0 Å². The fourth-order valence-electron chi connectivity index (χ4n) is 1.27. The third-order valence-corrected chi connectivity index (χ3v) is 2.11. The first-order valence-electron chi connectivity index (χ1n) is 4.58. The van der Waals surface area contributed by atoms with Gasteiger partial charge in [-0.15, -0.1) is 0 Å². The van der Waals surface area contributed by atoms with Crippen LogP contribution < -0.4 is 5.73 Å². The largest absolute Gasteiger partial charge is 0.321 e. The van der Waals surface area contributed by atoms with E-state index in [1.165, 1.54) is 0 Å². The lowest BCUT2D eigenvalue weighted by Crippen LogP contribution is -2.30. The number of nitrogens with two attached hydrogens (primary N) is 1. The van der Waals surface area contributed by atoms with E-state index in [1.54, 1.807) is 6.20 Å². The molecule has 0 unspecified atom stereocenters. The van der Waals surface area contributed by atoms with Crippen LogP contribution in [-0.4, -0.2) is 9.97 Å². The second-order valence-corrected chi connectivity index (χ2v) is 3.97. The molecule has 0 saturated heterocycles. The van der Waals surface area contributed by atoms with Crippen LogP contribution in [0.1, 0.15) is 19.5 Å². The van der Waals surface area contributed by atoms with Gasteiger partial charge in [-0.1, -0.05) is 12.1 Å². The van der Waals surface area contributed by atoms with Crippen LogP contribution in [0, 0.1) is 0 Å². The molecule has 2 N–H and O–H groups in total. The fourth-order valence-corrected chi connectivity index (χ4v) is 1.27. The number of hydrogen-bond acceptors (Lipinski definition) is 3. The minimum absolute atomic E-state index is 0.434. The zero-order valence-corrected chi connectivity index (χ0v) is 8.36. The van der Waals surface area contributed by atoms with Gasteiger partial charge < -0.3 is 5.73 Å². The van der Waals surface area contributed by atoms with Crippen LogP contribution in [0.4, 0.5) is 0 Å². The van der Waals surface area contributed by atoms with E-state index in [4.69, 9.17) is 5.73 Å². The van der Waals surface area contributed by atoms with Gasteiger partial charge in [0.15, 0.2) is 0 Å².